The van der Waals surface area contributed by atoms with Gasteiger partial charge in [0.2, 0.25) is 5.96 Å². The van der Waals surface area contributed by atoms with Crippen LogP contribution >= 0.6 is 12.4 Å². The van der Waals surface area contributed by atoms with Gasteiger partial charge >= 0.3 is 0 Å². The van der Waals surface area contributed by atoms with Crippen LogP contribution in [-0.2, 0) is 0 Å². The van der Waals surface area contributed by atoms with E-state index in [1.54, 1.807) is 0 Å². The Morgan fingerprint density at radius 2 is 1.65 bits per heavy atom. The van der Waals surface area contributed by atoms with Crippen LogP contribution in [0.4, 0.5) is 5.69 Å². The molecule has 0 atom stereocenters. The molecule has 1 aliphatic rings. The van der Waals surface area contributed by atoms with E-state index in [0.717, 1.165) is 26.2 Å². The van der Waals surface area contributed by atoms with Crippen LogP contribution in [0.1, 0.15) is 5.56 Å². The van der Waals surface area contributed by atoms with Gasteiger partial charge in [0.1, 0.15) is 0 Å². The predicted octanol–water partition coefficient (Wildman–Crippen LogP) is 0.747. The van der Waals surface area contributed by atoms with Gasteiger partial charge in [0, 0.05) is 31.9 Å². The molecule has 20 heavy (non-hydrogen) atoms. The minimum Gasteiger partial charge on any atom is -0.370 e. The zero-order chi connectivity index (χ0) is 13.8. The molecule has 0 unspecified atom stereocenters. The molecule has 5 N–H and O–H groups in total. The second-order valence-corrected chi connectivity index (χ2v) is 4.67. The van der Waals surface area contributed by atoms with E-state index in [4.69, 9.17) is 16.9 Å². The van der Waals surface area contributed by atoms with Crippen LogP contribution in [0.25, 0.3) is 0 Å². The fraction of sp³-hybridized carbons (Fsp3) is 0.385. The minimum atomic E-state index is -0.0639. The molecule has 1 saturated heterocycles. The Hall–Kier alpha value is -1.95. The molecule has 7 heteroatoms. The number of nitrogens with zero attached hydrogens (tertiary/aromatic N) is 3. The highest BCUT2D eigenvalue weighted by Gasteiger charge is 2.18. The third-order valence-corrected chi connectivity index (χ3v) is 3.21. The van der Waals surface area contributed by atoms with E-state index in [9.17, 15) is 0 Å². The number of anilines is 1. The first-order chi connectivity index (χ1) is 9.06. The van der Waals surface area contributed by atoms with Crippen molar-refractivity contribution in [1.29, 1.82) is 5.41 Å². The fourth-order valence-electron chi connectivity index (χ4n) is 2.13. The Morgan fingerprint density at radius 3 is 2.15 bits per heavy atom. The average Bonchev–Trinajstić information content (AvgIpc) is 2.39. The zero-order valence-corrected chi connectivity index (χ0v) is 12.4. The van der Waals surface area contributed by atoms with Crippen LogP contribution in [0.2, 0.25) is 0 Å². The topological polar surface area (TPSA) is 94.7 Å². The second kappa shape index (κ2) is 7.00. The summed E-state index contributed by atoms with van der Waals surface area (Å²) in [5.74, 6) is 0.0783. The lowest BCUT2D eigenvalue weighted by molar-refractivity contribution is 0.380. The number of nitrogens with one attached hydrogen (secondary N) is 1. The Kier molecular flexibility index (Phi) is 5.64. The monoisotopic (exact) mass is 296 g/mol. The summed E-state index contributed by atoms with van der Waals surface area (Å²) < 4.78 is 0. The van der Waals surface area contributed by atoms with Crippen molar-refractivity contribution < 1.29 is 0 Å². The normalized spacial score (nSPS) is 14.4. The van der Waals surface area contributed by atoms with E-state index < -0.39 is 0 Å². The number of hydrogen-bond donors (Lipinski definition) is 3. The van der Waals surface area contributed by atoms with Gasteiger partial charge in [-0.3, -0.25) is 5.41 Å². The first kappa shape index (κ1) is 16.1. The Labute approximate surface area is 125 Å². The summed E-state index contributed by atoms with van der Waals surface area (Å²) >= 11 is 0. The standard InChI is InChI=1S/C13H20N6.ClH/c1-10-2-4-11(5-3-10)18-6-8-19(9-7-18)13(16)17-12(14)15;/h2-5H,6-9H2,1H3,(H5,14,15,16,17);1H. The summed E-state index contributed by atoms with van der Waals surface area (Å²) in [6.07, 6.45) is 0. The molecule has 1 aromatic carbocycles. The van der Waals surface area contributed by atoms with Gasteiger partial charge < -0.3 is 21.3 Å². The number of aliphatic imine (C=N–C) groups is 1. The molecule has 6 nitrogen and oxygen atoms in total. The number of hydrogen-bond acceptors (Lipinski definition) is 2. The van der Waals surface area contributed by atoms with E-state index in [1.807, 2.05) is 4.90 Å². The SMILES string of the molecule is Cc1ccc(N2CCN(C(=N)N=C(N)N)CC2)cc1.Cl. The van der Waals surface area contributed by atoms with Crippen LogP contribution in [0.3, 0.4) is 0 Å². The van der Waals surface area contributed by atoms with Gasteiger partial charge in [0.15, 0.2) is 5.96 Å². The highest BCUT2D eigenvalue weighted by atomic mass is 35.5. The van der Waals surface area contributed by atoms with Crippen molar-refractivity contribution in [3.05, 3.63) is 29.8 Å². The Bertz CT molecular complexity index is 472. The highest BCUT2D eigenvalue weighted by molar-refractivity contribution is 5.91. The first-order valence-corrected chi connectivity index (χ1v) is 6.31. The van der Waals surface area contributed by atoms with Gasteiger partial charge in [-0.15, -0.1) is 12.4 Å². The molecule has 0 radical (unpaired) electrons. The lowest BCUT2D eigenvalue weighted by Crippen LogP contribution is -2.48. The fourth-order valence-corrected chi connectivity index (χ4v) is 2.13. The van der Waals surface area contributed by atoms with Gasteiger partial charge in [-0.1, -0.05) is 17.7 Å². The maximum atomic E-state index is 7.77. The quantitative estimate of drug-likeness (QED) is 0.526. The van der Waals surface area contributed by atoms with E-state index in [0.29, 0.717) is 0 Å². The Balaban J connectivity index is 0.00000200. The third kappa shape index (κ3) is 4.03. The molecule has 0 aromatic heterocycles. The first-order valence-electron chi connectivity index (χ1n) is 6.31. The zero-order valence-electron chi connectivity index (χ0n) is 11.5. The van der Waals surface area contributed by atoms with Gasteiger partial charge in [0.25, 0.3) is 0 Å². The maximum absolute atomic E-state index is 7.77. The van der Waals surface area contributed by atoms with Gasteiger partial charge in [0.05, 0.1) is 0 Å². The maximum Gasteiger partial charge on any atom is 0.221 e. The van der Waals surface area contributed by atoms with Crippen molar-refractivity contribution in [3.8, 4) is 0 Å². The lowest BCUT2D eigenvalue weighted by Gasteiger charge is -2.36. The molecule has 1 aromatic rings. The van der Waals surface area contributed by atoms with Crippen LogP contribution in [-0.4, -0.2) is 43.0 Å². The number of benzene rings is 1. The van der Waals surface area contributed by atoms with Gasteiger partial charge in [-0.25, -0.2) is 0 Å². The smallest absolute Gasteiger partial charge is 0.221 e. The number of rotatable bonds is 1. The molecular formula is C13H21ClN6. The number of aryl methyl sites for hydroxylation is 1. The molecule has 0 saturated carbocycles. The van der Waals surface area contributed by atoms with Crippen molar-refractivity contribution >= 4 is 30.0 Å². The molecule has 1 aliphatic heterocycles. The van der Waals surface area contributed by atoms with Crippen LogP contribution in [0, 0.1) is 12.3 Å². The van der Waals surface area contributed by atoms with Crippen molar-refractivity contribution in [2.45, 2.75) is 6.92 Å². The molecule has 1 heterocycles. The summed E-state index contributed by atoms with van der Waals surface area (Å²) in [5, 5.41) is 7.77. The van der Waals surface area contributed by atoms with Crippen molar-refractivity contribution in [2.75, 3.05) is 31.1 Å². The number of guanidine groups is 2. The molecule has 0 aliphatic carbocycles. The predicted molar refractivity (Wildman–Crippen MR) is 85.7 cm³/mol. The number of piperazine rings is 1. The molecular weight excluding hydrogens is 276 g/mol. The second-order valence-electron chi connectivity index (χ2n) is 4.67. The molecule has 2 rings (SSSR count). The van der Waals surface area contributed by atoms with E-state index in [2.05, 4.69) is 41.1 Å². The minimum absolute atomic E-state index is 0. The van der Waals surface area contributed by atoms with Crippen LogP contribution < -0.4 is 16.4 Å². The molecule has 1 fully saturated rings. The van der Waals surface area contributed by atoms with E-state index >= 15 is 0 Å². The molecule has 0 bridgehead atoms. The third-order valence-electron chi connectivity index (χ3n) is 3.21. The summed E-state index contributed by atoms with van der Waals surface area (Å²) in [5.41, 5.74) is 13.0. The summed E-state index contributed by atoms with van der Waals surface area (Å²) in [7, 11) is 0. The van der Waals surface area contributed by atoms with Gasteiger partial charge in [-0.05, 0) is 19.1 Å². The molecule has 110 valence electrons. The molecule has 0 amide bonds. The average molecular weight is 297 g/mol. The van der Waals surface area contributed by atoms with Crippen LogP contribution in [0.5, 0.6) is 0 Å². The Morgan fingerprint density at radius 1 is 1.10 bits per heavy atom. The van der Waals surface area contributed by atoms with Crippen molar-refractivity contribution in [3.63, 3.8) is 0 Å². The molecule has 0 spiro atoms. The van der Waals surface area contributed by atoms with E-state index in [-0.39, 0.29) is 24.3 Å². The van der Waals surface area contributed by atoms with E-state index in [1.165, 1.54) is 11.3 Å². The van der Waals surface area contributed by atoms with Crippen molar-refractivity contribution in [2.24, 2.45) is 16.5 Å². The summed E-state index contributed by atoms with van der Waals surface area (Å²) in [6.45, 7) is 5.32. The number of nitrogens with two attached hydrogens (primary N) is 2. The van der Waals surface area contributed by atoms with Crippen molar-refractivity contribution in [1.82, 2.24) is 4.90 Å². The summed E-state index contributed by atoms with van der Waals surface area (Å²) in [6, 6.07) is 8.49. The number of halogens is 1. The largest absolute Gasteiger partial charge is 0.370 e. The summed E-state index contributed by atoms with van der Waals surface area (Å²) in [4.78, 5) is 7.96. The lowest BCUT2D eigenvalue weighted by atomic mass is 10.2. The van der Waals surface area contributed by atoms with Crippen LogP contribution in [0.15, 0.2) is 29.3 Å². The highest BCUT2D eigenvalue weighted by Crippen LogP contribution is 2.17. The van der Waals surface area contributed by atoms with Gasteiger partial charge in [-0.2, -0.15) is 4.99 Å².